The van der Waals surface area contributed by atoms with Gasteiger partial charge in [-0.25, -0.2) is 9.78 Å². The van der Waals surface area contributed by atoms with Crippen LogP contribution in [0.4, 0.5) is 5.13 Å². The number of nitrogens with zero attached hydrogens (tertiary/aromatic N) is 4. The minimum absolute atomic E-state index is 0.0423. The lowest BCUT2D eigenvalue weighted by Crippen LogP contribution is -2.70. The van der Waals surface area contributed by atoms with Crippen LogP contribution in [0.3, 0.4) is 0 Å². The van der Waals surface area contributed by atoms with Gasteiger partial charge in [0.1, 0.15) is 17.1 Å². The Morgan fingerprint density at radius 2 is 2.00 bits per heavy atom. The van der Waals surface area contributed by atoms with Crippen molar-refractivity contribution in [2.24, 2.45) is 0 Å². The summed E-state index contributed by atoms with van der Waals surface area (Å²) < 4.78 is 1.04. The highest BCUT2D eigenvalue weighted by Gasteiger charge is 2.54. The Bertz CT molecular complexity index is 1290. The Balaban J connectivity index is 1.42. The van der Waals surface area contributed by atoms with Gasteiger partial charge in [0, 0.05) is 22.4 Å². The molecule has 12 nitrogen and oxygen atoms in total. The van der Waals surface area contributed by atoms with E-state index in [9.17, 15) is 24.3 Å². The zero-order valence-electron chi connectivity index (χ0n) is 17.7. The number of nitrogens with two attached hydrogens (primary N) is 1. The average Bonchev–Trinajstić information content (AvgIpc) is 3.48. The number of carboxylic acids is 2. The Kier molecular flexibility index (Phi) is 8.46. The Morgan fingerprint density at radius 3 is 2.61 bits per heavy atom. The molecule has 0 spiro atoms. The van der Waals surface area contributed by atoms with Crippen molar-refractivity contribution in [3.63, 3.8) is 0 Å². The normalized spacial score (nSPS) is 19.6. The number of rotatable bonds is 10. The van der Waals surface area contributed by atoms with Crippen molar-refractivity contribution >= 4 is 104 Å². The molecular formula is C18H15ClN6O6S5. The van der Waals surface area contributed by atoms with Gasteiger partial charge in [0.2, 0.25) is 0 Å². The van der Waals surface area contributed by atoms with Gasteiger partial charge in [0.25, 0.3) is 11.8 Å². The standard InChI is InChI=1S/C18H15ClN6O6S5/c19-1-7(8-4-33-16(20)21-8)12(28)22-10-13(29)25-11(15(30)31)6(2-32-14(10)25)3-34-17-23-24-18(36-17)35-5-9(26)27/h1,4,10,14H,2-3,5H2,(H2,20,21)(H,22,28)(H,26,27)(H,30,31)/b7-1+/t10?,14-/m1/s1. The van der Waals surface area contributed by atoms with E-state index >= 15 is 0 Å². The van der Waals surface area contributed by atoms with Gasteiger partial charge < -0.3 is 21.3 Å². The molecule has 36 heavy (non-hydrogen) atoms. The molecule has 0 bridgehead atoms. The zero-order valence-corrected chi connectivity index (χ0v) is 22.6. The fourth-order valence-electron chi connectivity index (χ4n) is 3.23. The molecule has 18 heteroatoms. The summed E-state index contributed by atoms with van der Waals surface area (Å²) in [6.07, 6.45) is 0. The van der Waals surface area contributed by atoms with Gasteiger partial charge in [-0.1, -0.05) is 46.5 Å². The second-order valence-electron chi connectivity index (χ2n) is 7.02. The molecule has 0 radical (unpaired) electrons. The average molecular weight is 607 g/mol. The SMILES string of the molecule is Nc1nc(/C(=C\Cl)C(=O)NC2C(=O)N3C(C(=O)O)=C(CSc4nnc(SCC(=O)O)s4)CS[C@H]23)cs1. The van der Waals surface area contributed by atoms with Crippen LogP contribution in [0.2, 0.25) is 0 Å². The molecule has 5 N–H and O–H groups in total. The Labute approximate surface area is 228 Å². The first kappa shape index (κ1) is 26.7. The first-order valence-electron chi connectivity index (χ1n) is 9.73. The summed E-state index contributed by atoms with van der Waals surface area (Å²) in [7, 11) is 0. The molecule has 4 rings (SSSR count). The first-order valence-corrected chi connectivity index (χ1v) is 14.9. The molecule has 190 valence electrons. The quantitative estimate of drug-likeness (QED) is 0.174. The number of fused-ring (bicyclic) bond motifs is 1. The number of carboxylic acid groups (broad SMARTS) is 2. The van der Waals surface area contributed by atoms with E-state index in [1.807, 2.05) is 0 Å². The fourth-order valence-corrected chi connectivity index (χ4v) is 8.23. The molecule has 2 amide bonds. The highest BCUT2D eigenvalue weighted by Crippen LogP contribution is 2.42. The van der Waals surface area contributed by atoms with Crippen LogP contribution >= 0.6 is 69.6 Å². The minimum Gasteiger partial charge on any atom is -0.481 e. The topological polar surface area (TPSA) is 189 Å². The second kappa shape index (κ2) is 11.4. The number of thioether (sulfide) groups is 3. The van der Waals surface area contributed by atoms with Gasteiger partial charge in [-0.05, 0) is 5.57 Å². The van der Waals surface area contributed by atoms with Crippen LogP contribution in [-0.2, 0) is 19.2 Å². The Hall–Kier alpha value is -2.31. The molecule has 0 saturated carbocycles. The summed E-state index contributed by atoms with van der Waals surface area (Å²) in [6.45, 7) is 0. The molecule has 2 aliphatic heterocycles. The summed E-state index contributed by atoms with van der Waals surface area (Å²) in [5, 5.41) is 30.4. The Morgan fingerprint density at radius 1 is 1.28 bits per heavy atom. The number of hydrogen-bond donors (Lipinski definition) is 4. The third-order valence-corrected chi connectivity index (χ3v) is 10.3. The van der Waals surface area contributed by atoms with Crippen LogP contribution in [-0.4, -0.2) is 82.7 Å². The van der Waals surface area contributed by atoms with Gasteiger partial charge in [0.05, 0.1) is 17.0 Å². The van der Waals surface area contributed by atoms with Crippen molar-refractivity contribution in [3.8, 4) is 0 Å². The number of amides is 2. The van der Waals surface area contributed by atoms with Crippen LogP contribution in [0.25, 0.3) is 5.57 Å². The largest absolute Gasteiger partial charge is 0.481 e. The maximum Gasteiger partial charge on any atom is 0.352 e. The predicted octanol–water partition coefficient (Wildman–Crippen LogP) is 1.86. The third kappa shape index (κ3) is 5.65. The predicted molar refractivity (Wildman–Crippen MR) is 139 cm³/mol. The number of carbonyl (C=O) groups excluding carboxylic acids is 2. The molecule has 2 aromatic rings. The van der Waals surface area contributed by atoms with Gasteiger partial charge in [-0.3, -0.25) is 19.3 Å². The lowest BCUT2D eigenvalue weighted by Gasteiger charge is -2.49. The smallest absolute Gasteiger partial charge is 0.352 e. The molecule has 2 aliphatic rings. The maximum atomic E-state index is 12.9. The maximum absolute atomic E-state index is 12.9. The van der Waals surface area contributed by atoms with Crippen molar-refractivity contribution in [2.45, 2.75) is 20.1 Å². The molecule has 1 unspecified atom stereocenters. The number of aromatic nitrogens is 3. The number of nitrogen functional groups attached to an aromatic ring is 1. The number of hydrogen-bond acceptors (Lipinski definition) is 13. The summed E-state index contributed by atoms with van der Waals surface area (Å²) >= 11 is 11.8. The molecule has 0 aromatic carbocycles. The van der Waals surface area contributed by atoms with Gasteiger partial charge >= 0.3 is 11.9 Å². The fraction of sp³-hybridized carbons (Fsp3) is 0.278. The number of halogens is 1. The zero-order chi connectivity index (χ0) is 26.0. The number of β-lactam (4-membered cyclic amide) rings is 1. The summed E-state index contributed by atoms with van der Waals surface area (Å²) in [5.41, 5.74) is 7.39. The van der Waals surface area contributed by atoms with Gasteiger partial charge in [0.15, 0.2) is 13.8 Å². The summed E-state index contributed by atoms with van der Waals surface area (Å²) in [6, 6.07) is -0.925. The van der Waals surface area contributed by atoms with E-state index in [0.29, 0.717) is 20.0 Å². The number of nitrogens with one attached hydrogen (secondary N) is 1. The van der Waals surface area contributed by atoms with Crippen LogP contribution in [0.5, 0.6) is 0 Å². The number of anilines is 1. The van der Waals surface area contributed by atoms with Crippen LogP contribution < -0.4 is 11.1 Å². The monoisotopic (exact) mass is 606 g/mol. The first-order chi connectivity index (χ1) is 17.2. The van der Waals surface area contributed by atoms with Crippen molar-refractivity contribution < 1.29 is 29.4 Å². The molecule has 2 aromatic heterocycles. The van der Waals surface area contributed by atoms with E-state index < -0.39 is 35.2 Å². The van der Waals surface area contributed by atoms with Crippen LogP contribution in [0.1, 0.15) is 5.69 Å². The molecule has 1 fully saturated rings. The van der Waals surface area contributed by atoms with E-state index in [-0.39, 0.29) is 33.6 Å². The number of thiazole rings is 1. The lowest BCUT2D eigenvalue weighted by atomic mass is 10.0. The third-order valence-electron chi connectivity index (χ3n) is 4.76. The van der Waals surface area contributed by atoms with Crippen molar-refractivity contribution in [1.82, 2.24) is 25.4 Å². The lowest BCUT2D eigenvalue weighted by molar-refractivity contribution is -0.150. The van der Waals surface area contributed by atoms with Crippen LogP contribution in [0, 0.1) is 0 Å². The van der Waals surface area contributed by atoms with E-state index in [4.69, 9.17) is 22.4 Å². The molecule has 0 aliphatic carbocycles. The summed E-state index contributed by atoms with van der Waals surface area (Å²) in [5.74, 6) is -2.94. The minimum atomic E-state index is -1.25. The molecular weight excluding hydrogens is 592 g/mol. The van der Waals surface area contributed by atoms with Crippen LogP contribution in [0.15, 0.2) is 30.9 Å². The molecule has 2 atom stereocenters. The number of aliphatic carboxylic acids is 2. The van der Waals surface area contributed by atoms with Crippen molar-refractivity contribution in [2.75, 3.05) is 23.0 Å². The van der Waals surface area contributed by atoms with E-state index in [1.54, 1.807) is 5.38 Å². The van der Waals surface area contributed by atoms with E-state index in [2.05, 4.69) is 20.5 Å². The van der Waals surface area contributed by atoms with E-state index in [1.165, 1.54) is 39.8 Å². The highest BCUT2D eigenvalue weighted by atomic mass is 35.5. The van der Waals surface area contributed by atoms with Gasteiger partial charge in [-0.15, -0.1) is 33.3 Å². The highest BCUT2D eigenvalue weighted by molar-refractivity contribution is 8.03. The molecule has 4 heterocycles. The van der Waals surface area contributed by atoms with Crippen molar-refractivity contribution in [3.05, 3.63) is 27.9 Å². The molecule has 1 saturated heterocycles. The number of carbonyl (C=O) groups is 4. The van der Waals surface area contributed by atoms with Gasteiger partial charge in [-0.2, -0.15) is 0 Å². The second-order valence-corrected chi connectivity index (χ2v) is 12.7. The summed E-state index contributed by atoms with van der Waals surface area (Å²) in [4.78, 5) is 53.6. The van der Waals surface area contributed by atoms with Crippen molar-refractivity contribution in [1.29, 1.82) is 0 Å². The van der Waals surface area contributed by atoms with E-state index in [0.717, 1.165) is 28.6 Å².